The molecule has 0 aliphatic rings. The Hall–Kier alpha value is -3.77. The minimum Gasteiger partial charge on any atom is -0.465 e. The molecule has 6 aromatic rings. The zero-order chi connectivity index (χ0) is 24.6. The molecule has 0 fully saturated rings. The topological polar surface area (TPSA) is 70.4 Å². The number of carbonyl (C=O) groups excluding carboxylic acids is 1. The van der Waals surface area contributed by atoms with Crippen LogP contribution < -0.4 is 5.73 Å². The second-order valence-electron chi connectivity index (χ2n) is 9.02. The molecular formula is C31H28Cl2N2O3. The number of carbonyl (C=O) groups is 1. The summed E-state index contributed by atoms with van der Waals surface area (Å²) in [6.07, 6.45) is 2.99. The quantitative estimate of drug-likeness (QED) is 0.221. The van der Waals surface area contributed by atoms with Crippen molar-refractivity contribution in [3.8, 4) is 11.1 Å². The van der Waals surface area contributed by atoms with Crippen molar-refractivity contribution in [3.63, 3.8) is 0 Å². The lowest BCUT2D eigenvalue weighted by Crippen LogP contribution is -2.03. The summed E-state index contributed by atoms with van der Waals surface area (Å²) < 4.78 is 13.3. The highest BCUT2D eigenvalue weighted by atomic mass is 35.5. The molecule has 0 spiro atoms. The molecule has 0 saturated heterocycles. The van der Waals surface area contributed by atoms with Crippen molar-refractivity contribution in [2.45, 2.75) is 13.0 Å². The van der Waals surface area contributed by atoms with Gasteiger partial charge in [-0.05, 0) is 60.0 Å². The van der Waals surface area contributed by atoms with E-state index in [-0.39, 0.29) is 30.8 Å². The van der Waals surface area contributed by atoms with Crippen LogP contribution >= 0.6 is 24.8 Å². The summed E-state index contributed by atoms with van der Waals surface area (Å²) in [6, 6.07) is 28.6. The van der Waals surface area contributed by atoms with Crippen molar-refractivity contribution in [1.82, 2.24) is 4.57 Å². The van der Waals surface area contributed by atoms with Crippen LogP contribution in [0.4, 0.5) is 0 Å². The van der Waals surface area contributed by atoms with Gasteiger partial charge in [0.05, 0.1) is 12.7 Å². The maximum atomic E-state index is 11.8. The smallest absolute Gasteiger partial charge is 0.337 e. The maximum Gasteiger partial charge on any atom is 0.337 e. The standard InChI is InChI=1S/C31H26N2O3.2ClH/c1-35-31(34)21-11-9-20(10-12-21)18-33-19-23(15-16-32)27-17-22(13-14-28(27)33)24-6-4-7-26-25-5-2-3-8-29(25)36-30(24)26;;/h2-14,17,19H,15-16,18,32H2,1H3;2*1H. The van der Waals surface area contributed by atoms with Crippen LogP contribution in [0.2, 0.25) is 0 Å². The number of nitrogens with zero attached hydrogens (tertiary/aromatic N) is 1. The lowest BCUT2D eigenvalue weighted by atomic mass is 9.99. The van der Waals surface area contributed by atoms with Crippen LogP contribution in [0.5, 0.6) is 0 Å². The van der Waals surface area contributed by atoms with Crippen molar-refractivity contribution in [2.75, 3.05) is 13.7 Å². The van der Waals surface area contributed by atoms with Gasteiger partial charge in [0, 0.05) is 40.0 Å². The molecule has 2 aromatic heterocycles. The van der Waals surface area contributed by atoms with Gasteiger partial charge in [0.1, 0.15) is 11.2 Å². The van der Waals surface area contributed by atoms with Crippen molar-refractivity contribution < 1.29 is 13.9 Å². The number of nitrogens with two attached hydrogens (primary N) is 1. The van der Waals surface area contributed by atoms with Crippen LogP contribution in [-0.4, -0.2) is 24.2 Å². The van der Waals surface area contributed by atoms with E-state index in [9.17, 15) is 4.79 Å². The number of para-hydroxylation sites is 2. The van der Waals surface area contributed by atoms with Crippen LogP contribution in [0, 0.1) is 0 Å². The van der Waals surface area contributed by atoms with E-state index in [0.29, 0.717) is 18.7 Å². The molecule has 0 radical (unpaired) electrons. The van der Waals surface area contributed by atoms with E-state index in [1.807, 2.05) is 30.3 Å². The van der Waals surface area contributed by atoms with Crippen LogP contribution in [0.3, 0.4) is 0 Å². The van der Waals surface area contributed by atoms with Crippen molar-refractivity contribution >= 4 is 63.6 Å². The number of furan rings is 1. The van der Waals surface area contributed by atoms with Gasteiger partial charge in [-0.1, -0.05) is 54.6 Å². The number of benzene rings is 4. The molecule has 0 saturated carbocycles. The Morgan fingerprint density at radius 2 is 1.66 bits per heavy atom. The molecule has 38 heavy (non-hydrogen) atoms. The molecule has 5 nitrogen and oxygen atoms in total. The maximum absolute atomic E-state index is 11.8. The lowest BCUT2D eigenvalue weighted by Gasteiger charge is -2.08. The number of fused-ring (bicyclic) bond motifs is 4. The third kappa shape index (κ3) is 4.76. The number of hydrogen-bond acceptors (Lipinski definition) is 4. The molecule has 7 heteroatoms. The summed E-state index contributed by atoms with van der Waals surface area (Å²) in [4.78, 5) is 11.8. The molecule has 6 rings (SSSR count). The molecule has 194 valence electrons. The van der Waals surface area contributed by atoms with E-state index in [4.69, 9.17) is 14.9 Å². The molecule has 4 aromatic carbocycles. The Morgan fingerprint density at radius 1 is 0.895 bits per heavy atom. The SMILES string of the molecule is COC(=O)c1ccc(Cn2cc(CCN)c3cc(-c4cccc5c4oc4ccccc45)ccc32)cc1.Cl.Cl. The molecule has 0 atom stereocenters. The number of esters is 1. The van der Waals surface area contributed by atoms with E-state index in [2.05, 4.69) is 53.2 Å². The summed E-state index contributed by atoms with van der Waals surface area (Å²) in [5, 5.41) is 3.44. The largest absolute Gasteiger partial charge is 0.465 e. The summed E-state index contributed by atoms with van der Waals surface area (Å²) in [5.74, 6) is -0.329. The Morgan fingerprint density at radius 3 is 2.42 bits per heavy atom. The van der Waals surface area contributed by atoms with Crippen molar-refractivity contribution in [3.05, 3.63) is 108 Å². The summed E-state index contributed by atoms with van der Waals surface area (Å²) in [7, 11) is 1.39. The van der Waals surface area contributed by atoms with Crippen molar-refractivity contribution in [1.29, 1.82) is 0 Å². The van der Waals surface area contributed by atoms with Gasteiger partial charge in [-0.25, -0.2) is 4.79 Å². The lowest BCUT2D eigenvalue weighted by molar-refractivity contribution is 0.0600. The first-order valence-electron chi connectivity index (χ1n) is 12.1. The van der Waals surface area contributed by atoms with E-state index >= 15 is 0 Å². The highest BCUT2D eigenvalue weighted by molar-refractivity contribution is 6.10. The van der Waals surface area contributed by atoms with Gasteiger partial charge in [0.25, 0.3) is 0 Å². The fourth-order valence-electron chi connectivity index (χ4n) is 5.06. The number of methoxy groups -OCH3 is 1. The molecule has 0 aliphatic carbocycles. The average molecular weight is 547 g/mol. The van der Waals surface area contributed by atoms with Crippen LogP contribution in [0.15, 0.2) is 95.5 Å². The highest BCUT2D eigenvalue weighted by Crippen LogP contribution is 2.37. The fraction of sp³-hybridized carbons (Fsp3) is 0.129. The summed E-state index contributed by atoms with van der Waals surface area (Å²) in [6.45, 7) is 1.28. The number of hydrogen-bond donors (Lipinski definition) is 1. The van der Waals surface area contributed by atoms with Gasteiger partial charge < -0.3 is 19.5 Å². The Bertz CT molecular complexity index is 1740. The molecule has 0 bridgehead atoms. The van der Waals surface area contributed by atoms with Gasteiger partial charge in [-0.15, -0.1) is 24.8 Å². The second kappa shape index (κ2) is 11.3. The first-order chi connectivity index (χ1) is 17.7. The van der Waals surface area contributed by atoms with Gasteiger partial charge >= 0.3 is 5.97 Å². The normalized spacial score (nSPS) is 10.9. The molecule has 0 aliphatic heterocycles. The zero-order valence-corrected chi connectivity index (χ0v) is 22.5. The van der Waals surface area contributed by atoms with Crippen LogP contribution in [0.1, 0.15) is 21.5 Å². The van der Waals surface area contributed by atoms with Crippen LogP contribution in [-0.2, 0) is 17.7 Å². The number of aromatic nitrogens is 1. The van der Waals surface area contributed by atoms with E-state index < -0.39 is 0 Å². The Balaban J connectivity index is 0.00000168. The molecule has 0 unspecified atom stereocenters. The summed E-state index contributed by atoms with van der Waals surface area (Å²) in [5.41, 5.74) is 14.0. The number of rotatable bonds is 6. The monoisotopic (exact) mass is 546 g/mol. The average Bonchev–Trinajstić information content (AvgIpc) is 3.46. The summed E-state index contributed by atoms with van der Waals surface area (Å²) >= 11 is 0. The molecular weight excluding hydrogens is 519 g/mol. The first-order valence-corrected chi connectivity index (χ1v) is 12.1. The number of ether oxygens (including phenoxy) is 1. The fourth-order valence-corrected chi connectivity index (χ4v) is 5.06. The van der Waals surface area contributed by atoms with Gasteiger partial charge in [-0.3, -0.25) is 0 Å². The van der Waals surface area contributed by atoms with Gasteiger partial charge in [0.2, 0.25) is 0 Å². The van der Waals surface area contributed by atoms with Crippen molar-refractivity contribution in [2.24, 2.45) is 5.73 Å². The predicted molar refractivity (Wildman–Crippen MR) is 159 cm³/mol. The van der Waals surface area contributed by atoms with E-state index in [1.165, 1.54) is 18.1 Å². The van der Waals surface area contributed by atoms with E-state index in [0.717, 1.165) is 50.6 Å². The minimum absolute atomic E-state index is 0. The van der Waals surface area contributed by atoms with Crippen LogP contribution in [0.25, 0.3) is 44.0 Å². The molecule has 2 N–H and O–H groups in total. The second-order valence-corrected chi connectivity index (χ2v) is 9.02. The molecule has 2 heterocycles. The zero-order valence-electron chi connectivity index (χ0n) is 20.8. The highest BCUT2D eigenvalue weighted by Gasteiger charge is 2.15. The minimum atomic E-state index is -0.329. The van der Waals surface area contributed by atoms with E-state index in [1.54, 1.807) is 12.1 Å². The third-order valence-corrected chi connectivity index (χ3v) is 6.82. The Labute approximate surface area is 233 Å². The number of halogens is 2. The Kier molecular flexibility index (Phi) is 8.12. The van der Waals surface area contributed by atoms with Gasteiger partial charge in [0.15, 0.2) is 0 Å². The molecule has 0 amide bonds. The predicted octanol–water partition coefficient (Wildman–Crippen LogP) is 7.39. The third-order valence-electron chi connectivity index (χ3n) is 6.82. The van der Waals surface area contributed by atoms with Gasteiger partial charge in [-0.2, -0.15) is 0 Å². The first kappa shape index (κ1) is 27.3.